The molecule has 2 heterocycles. The maximum Gasteiger partial charge on any atom is 0.141 e. The number of rotatable bonds is 3. The monoisotopic (exact) mass is 257 g/mol. The minimum absolute atomic E-state index is 0.967. The number of benzene rings is 1. The molecule has 2 aliphatic rings. The Morgan fingerprint density at radius 3 is 3.06 bits per heavy atom. The summed E-state index contributed by atoms with van der Waals surface area (Å²) in [4.78, 5) is 1.26. The minimum Gasteiger partial charge on any atom is -0.456 e. The van der Waals surface area contributed by atoms with Crippen LogP contribution in [0.1, 0.15) is 12.0 Å². The van der Waals surface area contributed by atoms with Gasteiger partial charge < -0.3 is 10.1 Å². The van der Waals surface area contributed by atoms with E-state index in [1.54, 1.807) is 11.8 Å². The second-order valence-corrected chi connectivity index (χ2v) is 5.15. The molecule has 0 bridgehead atoms. The zero-order chi connectivity index (χ0) is 12.4. The summed E-state index contributed by atoms with van der Waals surface area (Å²) in [6.07, 6.45) is 5.10. The number of thioether (sulfide) groups is 1. The van der Waals surface area contributed by atoms with Gasteiger partial charge in [0.25, 0.3) is 0 Å². The van der Waals surface area contributed by atoms with Crippen LogP contribution in [0.2, 0.25) is 0 Å². The van der Waals surface area contributed by atoms with E-state index in [9.17, 15) is 0 Å². The van der Waals surface area contributed by atoms with E-state index in [0.29, 0.717) is 0 Å². The van der Waals surface area contributed by atoms with Gasteiger partial charge in [-0.2, -0.15) is 0 Å². The van der Waals surface area contributed by atoms with Crippen LogP contribution in [0.3, 0.4) is 0 Å². The lowest BCUT2D eigenvalue weighted by Gasteiger charge is -2.26. The fraction of sp³-hybridized carbons (Fsp3) is 0.200. The van der Waals surface area contributed by atoms with Crippen LogP contribution in [0.25, 0.3) is 5.57 Å². The summed E-state index contributed by atoms with van der Waals surface area (Å²) in [5.74, 6) is 1.95. The third-order valence-electron chi connectivity index (χ3n) is 3.07. The Morgan fingerprint density at radius 2 is 2.17 bits per heavy atom. The first-order valence-electron chi connectivity index (χ1n) is 6.09. The van der Waals surface area contributed by atoms with Gasteiger partial charge in [-0.25, -0.2) is 0 Å². The lowest BCUT2D eigenvalue weighted by atomic mass is 9.98. The Bertz CT molecular complexity index is 557. The van der Waals surface area contributed by atoms with Crippen LogP contribution >= 0.6 is 11.8 Å². The second kappa shape index (κ2) is 5.04. The summed E-state index contributed by atoms with van der Waals surface area (Å²) in [6.45, 7) is 0.977. The number of para-hydroxylation sites is 1. The van der Waals surface area contributed by atoms with E-state index < -0.39 is 0 Å². The Labute approximate surface area is 111 Å². The van der Waals surface area contributed by atoms with Crippen LogP contribution in [0.15, 0.2) is 52.5 Å². The van der Waals surface area contributed by atoms with Gasteiger partial charge in [-0.15, -0.1) is 0 Å². The molecule has 0 saturated carbocycles. The maximum absolute atomic E-state index is 5.96. The normalized spacial score (nSPS) is 16.8. The predicted octanol–water partition coefficient (Wildman–Crippen LogP) is 3.54. The van der Waals surface area contributed by atoms with E-state index in [1.165, 1.54) is 16.0 Å². The summed E-state index contributed by atoms with van der Waals surface area (Å²) in [7, 11) is 1.99. The molecule has 18 heavy (non-hydrogen) atoms. The average Bonchev–Trinajstić information content (AvgIpc) is 2.43. The molecule has 2 nitrogen and oxygen atoms in total. The molecule has 3 rings (SSSR count). The van der Waals surface area contributed by atoms with E-state index in [0.717, 1.165) is 24.5 Å². The Hall–Kier alpha value is -1.45. The molecule has 0 saturated heterocycles. The van der Waals surface area contributed by atoms with Crippen molar-refractivity contribution in [3.63, 3.8) is 0 Å². The maximum atomic E-state index is 5.96. The molecule has 0 unspecified atom stereocenters. The predicted molar refractivity (Wildman–Crippen MR) is 77.3 cm³/mol. The Balaban J connectivity index is 2.09. The van der Waals surface area contributed by atoms with Gasteiger partial charge in [0.1, 0.15) is 11.5 Å². The smallest absolute Gasteiger partial charge is 0.141 e. The van der Waals surface area contributed by atoms with Gasteiger partial charge in [0.2, 0.25) is 0 Å². The quantitative estimate of drug-likeness (QED) is 0.895. The first-order valence-corrected chi connectivity index (χ1v) is 6.97. The average molecular weight is 257 g/mol. The molecule has 3 heteroatoms. The lowest BCUT2D eigenvalue weighted by molar-refractivity contribution is 0.435. The van der Waals surface area contributed by atoms with Crippen molar-refractivity contribution in [2.45, 2.75) is 6.42 Å². The molecule has 1 N–H and O–H groups in total. The number of nitrogens with one attached hydrogen (secondary N) is 1. The zero-order valence-corrected chi connectivity index (χ0v) is 11.1. The van der Waals surface area contributed by atoms with Crippen molar-refractivity contribution in [2.24, 2.45) is 0 Å². The molecule has 0 fully saturated rings. The summed E-state index contributed by atoms with van der Waals surface area (Å²) >= 11 is 1.75. The van der Waals surface area contributed by atoms with Gasteiger partial charge in [0.15, 0.2) is 0 Å². The zero-order valence-electron chi connectivity index (χ0n) is 10.3. The molecular formula is C15H15NOS. The van der Waals surface area contributed by atoms with Crippen LogP contribution in [-0.4, -0.2) is 13.6 Å². The van der Waals surface area contributed by atoms with Gasteiger partial charge >= 0.3 is 0 Å². The van der Waals surface area contributed by atoms with Crippen LogP contribution in [0.5, 0.6) is 5.75 Å². The fourth-order valence-electron chi connectivity index (χ4n) is 2.21. The van der Waals surface area contributed by atoms with Crippen molar-refractivity contribution in [2.75, 3.05) is 13.6 Å². The van der Waals surface area contributed by atoms with E-state index in [2.05, 4.69) is 22.9 Å². The van der Waals surface area contributed by atoms with Crippen LogP contribution in [0, 0.1) is 0 Å². The van der Waals surface area contributed by atoms with Crippen LogP contribution < -0.4 is 10.1 Å². The summed E-state index contributed by atoms with van der Waals surface area (Å²) in [5, 5.41) is 5.33. The molecule has 0 spiro atoms. The number of hydrogen-bond acceptors (Lipinski definition) is 3. The molecule has 0 atom stereocenters. The topological polar surface area (TPSA) is 21.3 Å². The highest BCUT2D eigenvalue weighted by atomic mass is 32.2. The standard InChI is InChI=1S/C15H15NOS/c1-16-9-8-12-11-5-2-3-6-13(11)17-14-7-4-10-18-15(12)14/h2-7,10,16H,8-9H2,1H3. The number of allylic oxidation sites excluding steroid dienone is 2. The molecule has 1 aromatic carbocycles. The molecular weight excluding hydrogens is 242 g/mol. The van der Waals surface area contributed by atoms with Crippen molar-refractivity contribution >= 4 is 17.3 Å². The van der Waals surface area contributed by atoms with Gasteiger partial charge in [-0.05, 0) is 43.1 Å². The fourth-order valence-corrected chi connectivity index (χ4v) is 3.09. The van der Waals surface area contributed by atoms with E-state index in [1.807, 2.05) is 31.3 Å². The minimum atomic E-state index is 0.967. The number of ether oxygens (including phenoxy) is 1. The lowest BCUT2D eigenvalue weighted by Crippen LogP contribution is -2.13. The highest BCUT2D eigenvalue weighted by Gasteiger charge is 2.24. The summed E-state index contributed by atoms with van der Waals surface area (Å²) < 4.78 is 5.96. The van der Waals surface area contributed by atoms with Crippen molar-refractivity contribution in [1.82, 2.24) is 5.32 Å². The molecule has 0 aromatic heterocycles. The van der Waals surface area contributed by atoms with Crippen LogP contribution in [-0.2, 0) is 0 Å². The molecule has 92 valence electrons. The van der Waals surface area contributed by atoms with Gasteiger partial charge in [0.05, 0.1) is 4.91 Å². The Kier molecular flexibility index (Phi) is 3.26. The van der Waals surface area contributed by atoms with Gasteiger partial charge in [0, 0.05) is 5.56 Å². The molecule has 2 aliphatic heterocycles. The highest BCUT2D eigenvalue weighted by molar-refractivity contribution is 8.06. The van der Waals surface area contributed by atoms with Crippen LogP contribution in [0.4, 0.5) is 0 Å². The highest BCUT2D eigenvalue weighted by Crippen LogP contribution is 2.45. The van der Waals surface area contributed by atoms with Crippen molar-refractivity contribution in [3.05, 3.63) is 58.1 Å². The largest absolute Gasteiger partial charge is 0.456 e. The SMILES string of the molecule is CNCCC1=C2SC=CC=C2Oc2ccccc21. The third-order valence-corrected chi connectivity index (χ3v) is 4.04. The molecule has 0 radical (unpaired) electrons. The summed E-state index contributed by atoms with van der Waals surface area (Å²) in [6, 6.07) is 8.27. The van der Waals surface area contributed by atoms with E-state index >= 15 is 0 Å². The Morgan fingerprint density at radius 1 is 1.28 bits per heavy atom. The van der Waals surface area contributed by atoms with E-state index in [-0.39, 0.29) is 0 Å². The molecule has 1 aromatic rings. The first-order chi connectivity index (χ1) is 8.90. The molecule has 0 amide bonds. The second-order valence-electron chi connectivity index (χ2n) is 4.24. The van der Waals surface area contributed by atoms with Crippen molar-refractivity contribution in [1.29, 1.82) is 0 Å². The molecule has 0 aliphatic carbocycles. The number of fused-ring (bicyclic) bond motifs is 2. The van der Waals surface area contributed by atoms with Gasteiger partial charge in [-0.3, -0.25) is 0 Å². The van der Waals surface area contributed by atoms with Gasteiger partial charge in [-0.1, -0.05) is 36.0 Å². The van der Waals surface area contributed by atoms with E-state index in [4.69, 9.17) is 4.74 Å². The first kappa shape index (κ1) is 11.6. The summed E-state index contributed by atoms with van der Waals surface area (Å²) in [5.41, 5.74) is 2.61. The van der Waals surface area contributed by atoms with Crippen molar-refractivity contribution in [3.8, 4) is 5.75 Å². The third kappa shape index (κ3) is 2.00. The number of hydrogen-bond donors (Lipinski definition) is 1. The van der Waals surface area contributed by atoms with Crippen molar-refractivity contribution < 1.29 is 4.74 Å².